The van der Waals surface area contributed by atoms with E-state index < -0.39 is 10.1 Å². The van der Waals surface area contributed by atoms with Crippen molar-refractivity contribution in [3.05, 3.63) is 30.3 Å². The summed E-state index contributed by atoms with van der Waals surface area (Å²) in [5, 5.41) is 0. The van der Waals surface area contributed by atoms with Crippen LogP contribution in [0.1, 0.15) is 6.92 Å². The molecule has 0 aromatic heterocycles. The van der Waals surface area contributed by atoms with Crippen LogP contribution in [0.3, 0.4) is 0 Å². The van der Waals surface area contributed by atoms with Crippen molar-refractivity contribution in [2.75, 3.05) is 19.0 Å². The largest absolute Gasteiger partial charge is 0.382 e. The van der Waals surface area contributed by atoms with Crippen molar-refractivity contribution >= 4 is 10.1 Å². The molecule has 1 aromatic carbocycles. The van der Waals surface area contributed by atoms with Crippen molar-refractivity contribution in [3.63, 3.8) is 0 Å². The zero-order valence-electron chi connectivity index (χ0n) is 8.55. The van der Waals surface area contributed by atoms with Crippen LogP contribution in [0.15, 0.2) is 30.3 Å². The first-order chi connectivity index (χ1) is 7.14. The van der Waals surface area contributed by atoms with Gasteiger partial charge in [0.25, 0.3) is 0 Å². The van der Waals surface area contributed by atoms with Crippen LogP contribution >= 0.6 is 0 Å². The van der Waals surface area contributed by atoms with E-state index in [2.05, 4.69) is 0 Å². The van der Waals surface area contributed by atoms with Crippen LogP contribution in [0.2, 0.25) is 0 Å². The average molecular weight is 230 g/mol. The molecule has 84 valence electrons. The summed E-state index contributed by atoms with van der Waals surface area (Å²) in [5.74, 6) is 0.199. The minimum Gasteiger partial charge on any atom is -0.382 e. The second kappa shape index (κ2) is 5.72. The van der Waals surface area contributed by atoms with Crippen molar-refractivity contribution in [2.24, 2.45) is 0 Å². The lowest BCUT2D eigenvalue weighted by Gasteiger charge is -2.06. The Bertz CT molecular complexity index is 372. The molecule has 0 saturated carbocycles. The molecule has 0 fully saturated rings. The molecular formula is C10H14O4S. The highest BCUT2D eigenvalue weighted by Gasteiger charge is 2.11. The standard InChI is InChI=1S/C10H14O4S/c1-2-13-8-9-15(11,12)14-10-6-4-3-5-7-10/h3-7H,2,8-9H2,1H3. The molecule has 0 aliphatic carbocycles. The van der Waals surface area contributed by atoms with Gasteiger partial charge in [-0.05, 0) is 19.1 Å². The van der Waals surface area contributed by atoms with Gasteiger partial charge in [0, 0.05) is 6.61 Å². The van der Waals surface area contributed by atoms with Gasteiger partial charge in [-0.2, -0.15) is 8.42 Å². The Morgan fingerprint density at radius 1 is 1.20 bits per heavy atom. The zero-order valence-corrected chi connectivity index (χ0v) is 9.37. The number of hydrogen-bond donors (Lipinski definition) is 0. The Morgan fingerprint density at radius 3 is 2.47 bits per heavy atom. The Morgan fingerprint density at radius 2 is 1.87 bits per heavy atom. The summed E-state index contributed by atoms with van der Waals surface area (Å²) >= 11 is 0. The number of ether oxygens (including phenoxy) is 1. The van der Waals surface area contributed by atoms with Crippen LogP contribution in [0, 0.1) is 0 Å². The molecule has 0 heterocycles. The summed E-state index contributed by atoms with van der Waals surface area (Å²) in [6.07, 6.45) is 0. The Labute approximate surface area is 90.0 Å². The fraction of sp³-hybridized carbons (Fsp3) is 0.400. The molecule has 0 saturated heterocycles. The fourth-order valence-electron chi connectivity index (χ4n) is 0.970. The average Bonchev–Trinajstić information content (AvgIpc) is 2.18. The van der Waals surface area contributed by atoms with Gasteiger partial charge in [-0.25, -0.2) is 0 Å². The smallest absolute Gasteiger partial charge is 0.311 e. The molecule has 5 heteroatoms. The molecule has 0 radical (unpaired) electrons. The minimum absolute atomic E-state index is 0.129. The predicted molar refractivity (Wildman–Crippen MR) is 57.3 cm³/mol. The van der Waals surface area contributed by atoms with Gasteiger partial charge >= 0.3 is 10.1 Å². The van der Waals surface area contributed by atoms with Gasteiger partial charge in [0.2, 0.25) is 0 Å². The lowest BCUT2D eigenvalue weighted by molar-refractivity contribution is 0.162. The molecule has 0 unspecified atom stereocenters. The van der Waals surface area contributed by atoms with E-state index >= 15 is 0 Å². The Hall–Kier alpha value is -1.07. The molecular weight excluding hydrogens is 216 g/mol. The molecule has 4 nitrogen and oxygen atoms in total. The number of para-hydroxylation sites is 1. The maximum atomic E-state index is 11.4. The quantitative estimate of drug-likeness (QED) is 0.548. The van der Waals surface area contributed by atoms with Crippen molar-refractivity contribution in [1.29, 1.82) is 0 Å². The van der Waals surface area contributed by atoms with Crippen molar-refractivity contribution < 1.29 is 17.3 Å². The van der Waals surface area contributed by atoms with Crippen molar-refractivity contribution in [1.82, 2.24) is 0 Å². The van der Waals surface area contributed by atoms with Gasteiger partial charge in [-0.15, -0.1) is 0 Å². The molecule has 1 aromatic rings. The lowest BCUT2D eigenvalue weighted by Crippen LogP contribution is -2.17. The SMILES string of the molecule is CCOCCS(=O)(=O)Oc1ccccc1. The van der Waals surface area contributed by atoms with Crippen LogP contribution in [0.5, 0.6) is 5.75 Å². The van der Waals surface area contributed by atoms with E-state index in [9.17, 15) is 8.42 Å². The van der Waals surface area contributed by atoms with Gasteiger partial charge in [-0.1, -0.05) is 18.2 Å². The maximum Gasteiger partial charge on any atom is 0.311 e. The highest BCUT2D eigenvalue weighted by Crippen LogP contribution is 2.11. The second-order valence-corrected chi connectivity index (χ2v) is 4.55. The van der Waals surface area contributed by atoms with Crippen LogP contribution < -0.4 is 4.18 Å². The third-order valence-electron chi connectivity index (χ3n) is 1.65. The van der Waals surface area contributed by atoms with Crippen molar-refractivity contribution in [2.45, 2.75) is 6.92 Å². The minimum atomic E-state index is -3.53. The molecule has 0 N–H and O–H groups in total. The summed E-state index contributed by atoms with van der Waals surface area (Å²) in [4.78, 5) is 0. The summed E-state index contributed by atoms with van der Waals surface area (Å²) in [7, 11) is -3.53. The van der Waals surface area contributed by atoms with Crippen molar-refractivity contribution in [3.8, 4) is 5.75 Å². The van der Waals surface area contributed by atoms with E-state index in [0.29, 0.717) is 12.4 Å². The van der Waals surface area contributed by atoms with Crippen LogP contribution in [0.4, 0.5) is 0 Å². The molecule has 0 bridgehead atoms. The van der Waals surface area contributed by atoms with Gasteiger partial charge in [0.1, 0.15) is 11.5 Å². The van der Waals surface area contributed by atoms with Crippen LogP contribution in [-0.2, 0) is 14.9 Å². The fourth-order valence-corrected chi connectivity index (χ4v) is 1.78. The highest BCUT2D eigenvalue weighted by atomic mass is 32.2. The summed E-state index contributed by atoms with van der Waals surface area (Å²) < 4.78 is 32.5. The molecule has 0 aliphatic rings. The molecule has 1 rings (SSSR count). The number of rotatable bonds is 6. The van der Waals surface area contributed by atoms with E-state index in [-0.39, 0.29) is 12.4 Å². The van der Waals surface area contributed by atoms with E-state index in [1.165, 1.54) is 0 Å². The Balaban J connectivity index is 2.50. The molecule has 0 aliphatic heterocycles. The summed E-state index contributed by atoms with van der Waals surface area (Å²) in [5.41, 5.74) is 0. The first-order valence-corrected chi connectivity index (χ1v) is 6.27. The third kappa shape index (κ3) is 4.80. The highest BCUT2D eigenvalue weighted by molar-refractivity contribution is 7.87. The van der Waals surface area contributed by atoms with Gasteiger partial charge in [0.15, 0.2) is 0 Å². The monoisotopic (exact) mass is 230 g/mol. The molecule has 0 spiro atoms. The molecule has 0 amide bonds. The Kier molecular flexibility index (Phi) is 4.58. The van der Waals surface area contributed by atoms with Crippen LogP contribution in [-0.4, -0.2) is 27.4 Å². The van der Waals surface area contributed by atoms with E-state index in [0.717, 1.165) is 0 Å². The number of benzene rings is 1. The summed E-state index contributed by atoms with van der Waals surface area (Å²) in [6, 6.07) is 8.41. The molecule has 15 heavy (non-hydrogen) atoms. The van der Waals surface area contributed by atoms with Gasteiger partial charge in [-0.3, -0.25) is 0 Å². The van der Waals surface area contributed by atoms with Crippen LogP contribution in [0.25, 0.3) is 0 Å². The van der Waals surface area contributed by atoms with E-state index in [1.54, 1.807) is 30.3 Å². The lowest BCUT2D eigenvalue weighted by atomic mass is 10.3. The summed E-state index contributed by atoms with van der Waals surface area (Å²) in [6.45, 7) is 2.47. The second-order valence-electron chi connectivity index (χ2n) is 2.86. The predicted octanol–water partition coefficient (Wildman–Crippen LogP) is 1.43. The first kappa shape index (κ1) is 12.0. The number of hydrogen-bond acceptors (Lipinski definition) is 4. The van der Waals surface area contributed by atoms with Gasteiger partial charge in [0.05, 0.1) is 6.61 Å². The third-order valence-corrected chi connectivity index (χ3v) is 2.76. The normalized spacial score (nSPS) is 11.3. The maximum absolute atomic E-state index is 11.4. The van der Waals surface area contributed by atoms with Gasteiger partial charge < -0.3 is 8.92 Å². The van der Waals surface area contributed by atoms with E-state index in [1.807, 2.05) is 6.92 Å². The van der Waals surface area contributed by atoms with E-state index in [4.69, 9.17) is 8.92 Å². The zero-order chi connectivity index (χ0) is 11.1. The topological polar surface area (TPSA) is 52.6 Å². The molecule has 0 atom stereocenters. The first-order valence-electron chi connectivity index (χ1n) is 4.69.